The normalized spacial score (nSPS) is 10.2. The van der Waals surface area contributed by atoms with Gasteiger partial charge in [-0.1, -0.05) is 18.2 Å². The van der Waals surface area contributed by atoms with Crippen molar-refractivity contribution in [3.05, 3.63) is 90.0 Å². The molecule has 3 rings (SSSR count). The van der Waals surface area contributed by atoms with Gasteiger partial charge < -0.3 is 9.47 Å². The predicted octanol–water partition coefficient (Wildman–Crippen LogP) is 4.37. The summed E-state index contributed by atoms with van der Waals surface area (Å²) in [4.78, 5) is 16.0. The van der Waals surface area contributed by atoms with E-state index in [1.165, 1.54) is 24.3 Å². The quantitative estimate of drug-likeness (QED) is 0.654. The maximum atomic E-state index is 12.9. The van der Waals surface area contributed by atoms with E-state index in [0.717, 1.165) is 5.56 Å². The third-order valence-corrected chi connectivity index (χ3v) is 3.27. The van der Waals surface area contributed by atoms with Crippen LogP contribution in [0.1, 0.15) is 15.9 Å². The molecule has 0 spiro atoms. The number of pyridine rings is 1. The molecule has 0 aliphatic rings. The standard InChI is InChI=1S/C19H14FNO3/c20-16-9-7-14(8-10-16)19(22)23-13-15-4-1-2-6-18(15)24-17-5-3-11-21-12-17/h1-12H,13H2. The van der Waals surface area contributed by atoms with Crippen LogP contribution in [-0.2, 0) is 11.3 Å². The number of benzene rings is 2. The highest BCUT2D eigenvalue weighted by Crippen LogP contribution is 2.25. The fraction of sp³-hybridized carbons (Fsp3) is 0.0526. The van der Waals surface area contributed by atoms with Crippen molar-refractivity contribution in [3.8, 4) is 11.5 Å². The lowest BCUT2D eigenvalue weighted by Gasteiger charge is -2.11. The Labute approximate surface area is 138 Å². The van der Waals surface area contributed by atoms with Gasteiger partial charge >= 0.3 is 5.97 Å². The largest absolute Gasteiger partial charge is 0.457 e. The Hall–Kier alpha value is -3.21. The maximum absolute atomic E-state index is 12.9. The van der Waals surface area contributed by atoms with Gasteiger partial charge in [-0.25, -0.2) is 9.18 Å². The molecule has 2 aromatic carbocycles. The van der Waals surface area contributed by atoms with Gasteiger partial charge in [-0.3, -0.25) is 4.98 Å². The lowest BCUT2D eigenvalue weighted by Crippen LogP contribution is -2.06. The van der Waals surface area contributed by atoms with Gasteiger partial charge in [-0.15, -0.1) is 0 Å². The van der Waals surface area contributed by atoms with Crippen LogP contribution < -0.4 is 4.74 Å². The number of nitrogens with zero attached hydrogens (tertiary/aromatic N) is 1. The molecule has 120 valence electrons. The van der Waals surface area contributed by atoms with E-state index in [0.29, 0.717) is 17.1 Å². The highest BCUT2D eigenvalue weighted by molar-refractivity contribution is 5.89. The average molecular weight is 323 g/mol. The Balaban J connectivity index is 1.69. The summed E-state index contributed by atoms with van der Waals surface area (Å²) in [6.45, 7) is 0.0483. The van der Waals surface area contributed by atoms with Gasteiger partial charge in [0.1, 0.15) is 23.9 Å². The number of aromatic nitrogens is 1. The summed E-state index contributed by atoms with van der Waals surface area (Å²) in [6.07, 6.45) is 3.25. The minimum absolute atomic E-state index is 0.0483. The van der Waals surface area contributed by atoms with Crippen molar-refractivity contribution in [2.75, 3.05) is 0 Å². The van der Waals surface area contributed by atoms with Crippen LogP contribution in [0, 0.1) is 5.82 Å². The lowest BCUT2D eigenvalue weighted by atomic mass is 10.2. The van der Waals surface area contributed by atoms with E-state index in [9.17, 15) is 9.18 Å². The summed E-state index contributed by atoms with van der Waals surface area (Å²) in [7, 11) is 0. The summed E-state index contributed by atoms with van der Waals surface area (Å²) in [5.41, 5.74) is 1.01. The summed E-state index contributed by atoms with van der Waals surface area (Å²) < 4.78 is 23.9. The van der Waals surface area contributed by atoms with Gasteiger partial charge in [0.05, 0.1) is 11.8 Å². The summed E-state index contributed by atoms with van der Waals surface area (Å²) in [5, 5.41) is 0. The number of hydrogen-bond acceptors (Lipinski definition) is 4. The molecule has 0 saturated heterocycles. The van der Waals surface area contributed by atoms with E-state index in [-0.39, 0.29) is 6.61 Å². The molecule has 1 heterocycles. The Kier molecular flexibility index (Phi) is 4.81. The molecule has 0 N–H and O–H groups in total. The van der Waals surface area contributed by atoms with E-state index < -0.39 is 11.8 Å². The van der Waals surface area contributed by atoms with Crippen molar-refractivity contribution in [2.24, 2.45) is 0 Å². The molecule has 0 bridgehead atoms. The molecule has 0 amide bonds. The number of halogens is 1. The number of hydrogen-bond donors (Lipinski definition) is 0. The van der Waals surface area contributed by atoms with Crippen molar-refractivity contribution in [2.45, 2.75) is 6.61 Å². The second-order valence-corrected chi connectivity index (χ2v) is 4.98. The number of carbonyl (C=O) groups excluding carboxylic acids is 1. The van der Waals surface area contributed by atoms with Crippen LogP contribution in [0.25, 0.3) is 0 Å². The molecule has 1 aromatic heterocycles. The van der Waals surface area contributed by atoms with E-state index in [4.69, 9.17) is 9.47 Å². The lowest BCUT2D eigenvalue weighted by molar-refractivity contribution is 0.0470. The molecule has 0 aliphatic carbocycles. The SMILES string of the molecule is O=C(OCc1ccccc1Oc1cccnc1)c1ccc(F)cc1. The van der Waals surface area contributed by atoms with E-state index in [1.807, 2.05) is 18.2 Å². The molecule has 0 fully saturated rings. The zero-order chi connectivity index (χ0) is 16.8. The molecule has 3 aromatic rings. The number of para-hydroxylation sites is 1. The van der Waals surface area contributed by atoms with Crippen LogP contribution >= 0.6 is 0 Å². The summed E-state index contributed by atoms with van der Waals surface area (Å²) in [5.74, 6) is 0.250. The maximum Gasteiger partial charge on any atom is 0.338 e. The van der Waals surface area contributed by atoms with Crippen LogP contribution in [0.15, 0.2) is 73.1 Å². The van der Waals surface area contributed by atoms with Crippen molar-refractivity contribution < 1.29 is 18.7 Å². The third kappa shape index (κ3) is 3.95. The fourth-order valence-corrected chi connectivity index (χ4v) is 2.07. The predicted molar refractivity (Wildman–Crippen MR) is 86.3 cm³/mol. The average Bonchev–Trinajstić information content (AvgIpc) is 2.62. The Morgan fingerprint density at radius 1 is 1.00 bits per heavy atom. The van der Waals surface area contributed by atoms with Gasteiger partial charge in [0.15, 0.2) is 0 Å². The summed E-state index contributed by atoms with van der Waals surface area (Å²) in [6, 6.07) is 16.0. The zero-order valence-corrected chi connectivity index (χ0v) is 12.7. The number of ether oxygens (including phenoxy) is 2. The first kappa shape index (κ1) is 15.7. The second kappa shape index (κ2) is 7.37. The fourth-order valence-electron chi connectivity index (χ4n) is 2.07. The molecule has 0 saturated carbocycles. The first-order valence-corrected chi connectivity index (χ1v) is 7.31. The number of rotatable bonds is 5. The van der Waals surface area contributed by atoms with E-state index in [2.05, 4.69) is 4.98 Å². The zero-order valence-electron chi connectivity index (χ0n) is 12.7. The minimum atomic E-state index is -0.522. The van der Waals surface area contributed by atoms with E-state index in [1.54, 1.807) is 30.6 Å². The molecule has 0 atom stereocenters. The van der Waals surface area contributed by atoms with Gasteiger partial charge in [-0.05, 0) is 42.5 Å². The van der Waals surface area contributed by atoms with Gasteiger partial charge in [-0.2, -0.15) is 0 Å². The Morgan fingerprint density at radius 2 is 1.79 bits per heavy atom. The number of carbonyl (C=O) groups is 1. The molecule has 0 radical (unpaired) electrons. The second-order valence-electron chi connectivity index (χ2n) is 4.98. The van der Waals surface area contributed by atoms with Gasteiger partial charge in [0.25, 0.3) is 0 Å². The Bertz CT molecular complexity index is 820. The Morgan fingerprint density at radius 3 is 2.54 bits per heavy atom. The van der Waals surface area contributed by atoms with Crippen LogP contribution in [-0.4, -0.2) is 11.0 Å². The molecule has 0 aliphatic heterocycles. The van der Waals surface area contributed by atoms with Crippen LogP contribution in [0.3, 0.4) is 0 Å². The molecular formula is C19H14FNO3. The van der Waals surface area contributed by atoms with Crippen molar-refractivity contribution >= 4 is 5.97 Å². The molecule has 0 unspecified atom stereocenters. The van der Waals surface area contributed by atoms with Crippen molar-refractivity contribution in [1.82, 2.24) is 4.98 Å². The van der Waals surface area contributed by atoms with E-state index >= 15 is 0 Å². The molecule has 5 heteroatoms. The first-order chi connectivity index (χ1) is 11.7. The van der Waals surface area contributed by atoms with Crippen molar-refractivity contribution in [1.29, 1.82) is 0 Å². The smallest absolute Gasteiger partial charge is 0.338 e. The molecule has 24 heavy (non-hydrogen) atoms. The highest BCUT2D eigenvalue weighted by Gasteiger charge is 2.10. The molecular weight excluding hydrogens is 309 g/mol. The molecule has 4 nitrogen and oxygen atoms in total. The topological polar surface area (TPSA) is 48.4 Å². The van der Waals surface area contributed by atoms with Crippen LogP contribution in [0.2, 0.25) is 0 Å². The highest BCUT2D eigenvalue weighted by atomic mass is 19.1. The van der Waals surface area contributed by atoms with Gasteiger partial charge in [0, 0.05) is 11.8 Å². The van der Waals surface area contributed by atoms with Crippen LogP contribution in [0.4, 0.5) is 4.39 Å². The first-order valence-electron chi connectivity index (χ1n) is 7.31. The summed E-state index contributed by atoms with van der Waals surface area (Å²) >= 11 is 0. The van der Waals surface area contributed by atoms with Crippen LogP contribution in [0.5, 0.6) is 11.5 Å². The minimum Gasteiger partial charge on any atom is -0.457 e. The van der Waals surface area contributed by atoms with Crippen molar-refractivity contribution in [3.63, 3.8) is 0 Å². The van der Waals surface area contributed by atoms with Gasteiger partial charge in [0.2, 0.25) is 0 Å². The number of esters is 1. The monoisotopic (exact) mass is 323 g/mol. The third-order valence-electron chi connectivity index (χ3n) is 3.27.